The van der Waals surface area contributed by atoms with Crippen LogP contribution < -0.4 is 4.72 Å². The molecule has 7 nitrogen and oxygen atoms in total. The molecule has 0 aromatic carbocycles. The Morgan fingerprint density at radius 1 is 1.43 bits per heavy atom. The summed E-state index contributed by atoms with van der Waals surface area (Å²) in [4.78, 5) is 6.16. The Labute approximate surface area is 132 Å². The molecule has 0 radical (unpaired) electrons. The fourth-order valence-corrected chi connectivity index (χ4v) is 3.29. The van der Waals surface area contributed by atoms with E-state index in [4.69, 9.17) is 4.74 Å². The number of ether oxygens (including phenoxy) is 1. The van der Waals surface area contributed by atoms with Crippen molar-refractivity contribution in [2.45, 2.75) is 11.9 Å². The number of morpholine rings is 1. The maximum absolute atomic E-state index is 12.0. The Morgan fingerprint density at radius 2 is 2.10 bits per heavy atom. The molecular formula is C12H23ClN4O3S. The quantitative estimate of drug-likeness (QED) is 0.795. The SMILES string of the molecule is CC(CNS(=O)(=O)c1cn(C)cn1)CN1CCOCC1.Cl. The molecule has 2 heterocycles. The normalized spacial score (nSPS) is 18.2. The number of imidazole rings is 1. The van der Waals surface area contributed by atoms with Crippen LogP contribution >= 0.6 is 12.4 Å². The van der Waals surface area contributed by atoms with E-state index in [0.29, 0.717) is 6.54 Å². The lowest BCUT2D eigenvalue weighted by atomic mass is 10.1. The standard InChI is InChI=1S/C12H22N4O3S.ClH/c1-11(8-16-3-5-19-6-4-16)7-14-20(17,18)12-9-15(2)10-13-12;/h9-11,14H,3-8H2,1-2H3;1H. The predicted octanol–water partition coefficient (Wildman–Crippen LogP) is 0.0885. The molecule has 1 atom stereocenters. The highest BCUT2D eigenvalue weighted by Crippen LogP contribution is 2.06. The Kier molecular flexibility index (Phi) is 7.08. The van der Waals surface area contributed by atoms with Gasteiger partial charge in [0.25, 0.3) is 10.0 Å². The summed E-state index contributed by atoms with van der Waals surface area (Å²) in [5.41, 5.74) is 0. The smallest absolute Gasteiger partial charge is 0.259 e. The topological polar surface area (TPSA) is 76.5 Å². The fraction of sp³-hybridized carbons (Fsp3) is 0.750. The van der Waals surface area contributed by atoms with Crippen molar-refractivity contribution in [1.82, 2.24) is 19.2 Å². The van der Waals surface area contributed by atoms with Gasteiger partial charge in [0.15, 0.2) is 5.03 Å². The van der Waals surface area contributed by atoms with Crippen molar-refractivity contribution in [2.24, 2.45) is 13.0 Å². The number of halogens is 1. The Bertz CT molecular complexity index is 528. The van der Waals surface area contributed by atoms with Crippen LogP contribution in [0.3, 0.4) is 0 Å². The minimum absolute atomic E-state index is 0. The zero-order valence-corrected chi connectivity index (χ0v) is 14.0. The Hall–Kier alpha value is -0.670. The molecule has 0 amide bonds. The highest BCUT2D eigenvalue weighted by atomic mass is 35.5. The third-order valence-electron chi connectivity index (χ3n) is 3.25. The van der Waals surface area contributed by atoms with E-state index in [0.717, 1.165) is 32.8 Å². The zero-order valence-electron chi connectivity index (χ0n) is 12.4. The third kappa shape index (κ3) is 5.55. The molecule has 2 rings (SSSR count). The van der Waals surface area contributed by atoms with E-state index < -0.39 is 10.0 Å². The largest absolute Gasteiger partial charge is 0.379 e. The molecule has 1 N–H and O–H groups in total. The fourth-order valence-electron chi connectivity index (χ4n) is 2.14. The second kappa shape index (κ2) is 8.09. The molecule has 1 aromatic heterocycles. The van der Waals surface area contributed by atoms with Gasteiger partial charge in [-0.1, -0.05) is 6.92 Å². The van der Waals surface area contributed by atoms with Gasteiger partial charge in [-0.25, -0.2) is 18.1 Å². The molecule has 1 unspecified atom stereocenters. The lowest BCUT2D eigenvalue weighted by Crippen LogP contribution is -2.41. The highest BCUT2D eigenvalue weighted by Gasteiger charge is 2.19. The molecule has 1 aliphatic heterocycles. The minimum Gasteiger partial charge on any atom is -0.379 e. The highest BCUT2D eigenvalue weighted by molar-refractivity contribution is 7.89. The summed E-state index contributed by atoms with van der Waals surface area (Å²) in [6.45, 7) is 6.66. The number of rotatable bonds is 6. The number of hydrogen-bond donors (Lipinski definition) is 1. The van der Waals surface area contributed by atoms with Crippen LogP contribution in [0, 0.1) is 5.92 Å². The van der Waals surface area contributed by atoms with E-state index in [-0.39, 0.29) is 23.4 Å². The first kappa shape index (κ1) is 18.4. The molecule has 1 aromatic rings. The number of hydrogen-bond acceptors (Lipinski definition) is 5. The van der Waals surface area contributed by atoms with E-state index in [1.165, 1.54) is 12.5 Å². The van der Waals surface area contributed by atoms with Crippen molar-refractivity contribution < 1.29 is 13.2 Å². The predicted molar refractivity (Wildman–Crippen MR) is 82.1 cm³/mol. The number of aromatic nitrogens is 2. The summed E-state index contributed by atoms with van der Waals surface area (Å²) < 4.78 is 33.6. The molecule has 1 aliphatic rings. The first-order valence-corrected chi connectivity index (χ1v) is 8.23. The average Bonchev–Trinajstić information content (AvgIpc) is 2.85. The molecule has 0 spiro atoms. The average molecular weight is 339 g/mol. The molecule has 122 valence electrons. The van der Waals surface area contributed by atoms with Crippen LogP contribution in [0.2, 0.25) is 0 Å². The number of nitrogens with one attached hydrogen (secondary N) is 1. The van der Waals surface area contributed by atoms with Gasteiger partial charge in [-0.05, 0) is 5.92 Å². The van der Waals surface area contributed by atoms with Crippen LogP contribution in [0.25, 0.3) is 0 Å². The lowest BCUT2D eigenvalue weighted by molar-refractivity contribution is 0.0321. The van der Waals surface area contributed by atoms with Crippen LogP contribution in [-0.4, -0.2) is 62.3 Å². The van der Waals surface area contributed by atoms with Crippen LogP contribution in [0.5, 0.6) is 0 Å². The molecule has 1 saturated heterocycles. The van der Waals surface area contributed by atoms with Crippen LogP contribution in [0.1, 0.15) is 6.92 Å². The molecule has 21 heavy (non-hydrogen) atoms. The maximum atomic E-state index is 12.0. The van der Waals surface area contributed by atoms with Crippen LogP contribution in [-0.2, 0) is 21.8 Å². The first-order chi connectivity index (χ1) is 9.47. The number of sulfonamides is 1. The van der Waals surface area contributed by atoms with Crippen molar-refractivity contribution >= 4 is 22.4 Å². The van der Waals surface area contributed by atoms with E-state index in [2.05, 4.69) is 14.6 Å². The molecule has 1 fully saturated rings. The summed E-state index contributed by atoms with van der Waals surface area (Å²) in [6, 6.07) is 0. The van der Waals surface area contributed by atoms with Gasteiger partial charge in [0, 0.05) is 39.4 Å². The summed E-state index contributed by atoms with van der Waals surface area (Å²) in [5, 5.41) is 0.0681. The molecule has 9 heteroatoms. The Balaban J connectivity index is 0.00000220. The van der Waals surface area contributed by atoms with Crippen LogP contribution in [0.4, 0.5) is 0 Å². The molecule has 0 saturated carbocycles. The minimum atomic E-state index is -3.50. The van der Waals surface area contributed by atoms with Crippen molar-refractivity contribution in [3.05, 3.63) is 12.5 Å². The third-order valence-corrected chi connectivity index (χ3v) is 4.56. The van der Waals surface area contributed by atoms with Gasteiger partial charge in [0.05, 0.1) is 19.5 Å². The second-order valence-electron chi connectivity index (χ2n) is 5.25. The van der Waals surface area contributed by atoms with Gasteiger partial charge in [0.1, 0.15) is 0 Å². The zero-order chi connectivity index (χ0) is 14.6. The second-order valence-corrected chi connectivity index (χ2v) is 6.96. The monoisotopic (exact) mass is 338 g/mol. The summed E-state index contributed by atoms with van der Waals surface area (Å²) in [5.74, 6) is 0.242. The summed E-state index contributed by atoms with van der Waals surface area (Å²) in [6.07, 6.45) is 2.97. The van der Waals surface area contributed by atoms with E-state index in [9.17, 15) is 8.42 Å². The Morgan fingerprint density at radius 3 is 2.67 bits per heavy atom. The molecular weight excluding hydrogens is 316 g/mol. The van der Waals surface area contributed by atoms with Gasteiger partial charge in [-0.15, -0.1) is 12.4 Å². The van der Waals surface area contributed by atoms with Gasteiger partial charge in [-0.2, -0.15) is 0 Å². The van der Waals surface area contributed by atoms with E-state index >= 15 is 0 Å². The summed E-state index contributed by atoms with van der Waals surface area (Å²) in [7, 11) is -1.76. The maximum Gasteiger partial charge on any atom is 0.259 e. The van der Waals surface area contributed by atoms with Gasteiger partial charge < -0.3 is 9.30 Å². The number of nitrogens with zero attached hydrogens (tertiary/aromatic N) is 3. The van der Waals surface area contributed by atoms with Gasteiger partial charge >= 0.3 is 0 Å². The van der Waals surface area contributed by atoms with Crippen molar-refractivity contribution in [1.29, 1.82) is 0 Å². The van der Waals surface area contributed by atoms with E-state index in [1.54, 1.807) is 11.6 Å². The summed E-state index contributed by atoms with van der Waals surface area (Å²) >= 11 is 0. The van der Waals surface area contributed by atoms with Gasteiger partial charge in [0.2, 0.25) is 0 Å². The van der Waals surface area contributed by atoms with Crippen molar-refractivity contribution in [3.63, 3.8) is 0 Å². The van der Waals surface area contributed by atoms with E-state index in [1.807, 2.05) is 6.92 Å². The van der Waals surface area contributed by atoms with Crippen molar-refractivity contribution in [2.75, 3.05) is 39.4 Å². The number of aryl methyl sites for hydroxylation is 1. The lowest BCUT2D eigenvalue weighted by Gasteiger charge is -2.29. The first-order valence-electron chi connectivity index (χ1n) is 6.75. The van der Waals surface area contributed by atoms with Gasteiger partial charge in [-0.3, -0.25) is 4.90 Å². The van der Waals surface area contributed by atoms with Crippen molar-refractivity contribution in [3.8, 4) is 0 Å². The molecule has 0 aliphatic carbocycles. The van der Waals surface area contributed by atoms with Crippen LogP contribution in [0.15, 0.2) is 17.6 Å². The molecule has 0 bridgehead atoms.